The Morgan fingerprint density at radius 2 is 2.11 bits per heavy atom. The molecule has 6 nitrogen and oxygen atoms in total. The van der Waals surface area contributed by atoms with E-state index in [1.807, 2.05) is 18.0 Å². The summed E-state index contributed by atoms with van der Waals surface area (Å²) in [6.45, 7) is 1.43. The van der Waals surface area contributed by atoms with Crippen molar-refractivity contribution in [3.05, 3.63) is 28.3 Å². The lowest BCUT2D eigenvalue weighted by atomic mass is 10.1. The van der Waals surface area contributed by atoms with Crippen molar-refractivity contribution in [2.75, 3.05) is 37.5 Å². The average molecular weight is 265 g/mol. The van der Waals surface area contributed by atoms with Crippen molar-refractivity contribution in [3.63, 3.8) is 0 Å². The van der Waals surface area contributed by atoms with E-state index in [0.29, 0.717) is 30.6 Å². The predicted molar refractivity (Wildman–Crippen MR) is 74.9 cm³/mol. The van der Waals surface area contributed by atoms with Gasteiger partial charge in [0.25, 0.3) is 0 Å². The molecule has 1 aromatic carbocycles. The third-order valence-corrected chi connectivity index (χ3v) is 3.59. The summed E-state index contributed by atoms with van der Waals surface area (Å²) in [4.78, 5) is 13.0. The van der Waals surface area contributed by atoms with Gasteiger partial charge in [0.05, 0.1) is 4.92 Å². The molecule has 0 aromatic heterocycles. The summed E-state index contributed by atoms with van der Waals surface area (Å²) >= 11 is 0. The molecule has 1 fully saturated rings. The molecule has 1 aromatic rings. The van der Waals surface area contributed by atoms with Gasteiger partial charge >= 0.3 is 5.69 Å². The minimum Gasteiger partial charge on any atom is -0.382 e. The summed E-state index contributed by atoms with van der Waals surface area (Å²) in [6.07, 6.45) is 1.80. The van der Waals surface area contributed by atoms with Crippen LogP contribution in [-0.2, 0) is 4.74 Å². The minimum atomic E-state index is -0.322. The number of anilines is 2. The van der Waals surface area contributed by atoms with Crippen LogP contribution >= 0.6 is 0 Å². The van der Waals surface area contributed by atoms with E-state index in [1.54, 1.807) is 19.2 Å². The van der Waals surface area contributed by atoms with E-state index in [4.69, 9.17) is 4.74 Å². The molecule has 2 rings (SSSR count). The molecule has 0 saturated carbocycles. The number of hydrogen-bond acceptors (Lipinski definition) is 5. The lowest BCUT2D eigenvalue weighted by Crippen LogP contribution is -2.37. The third-order valence-electron chi connectivity index (χ3n) is 3.59. The molecule has 1 aliphatic rings. The molecule has 6 heteroatoms. The minimum absolute atomic E-state index is 0.138. The Morgan fingerprint density at radius 3 is 2.68 bits per heavy atom. The largest absolute Gasteiger partial charge is 0.382 e. The fraction of sp³-hybridized carbons (Fsp3) is 0.538. The van der Waals surface area contributed by atoms with Crippen LogP contribution in [0.1, 0.15) is 12.8 Å². The Kier molecular flexibility index (Phi) is 4.21. The summed E-state index contributed by atoms with van der Waals surface area (Å²) in [5, 5.41) is 14.2. The van der Waals surface area contributed by atoms with Crippen LogP contribution in [0.4, 0.5) is 17.1 Å². The van der Waals surface area contributed by atoms with Gasteiger partial charge in [-0.15, -0.1) is 0 Å². The number of nitro groups is 1. The average Bonchev–Trinajstić information content (AvgIpc) is 2.46. The molecule has 1 aliphatic heterocycles. The number of ether oxygens (including phenoxy) is 1. The predicted octanol–water partition coefficient (Wildman–Crippen LogP) is 2.25. The highest BCUT2D eigenvalue weighted by Gasteiger charge is 2.26. The number of para-hydroxylation sites is 1. The molecule has 0 spiro atoms. The first-order chi connectivity index (χ1) is 9.15. The van der Waals surface area contributed by atoms with E-state index >= 15 is 0 Å². The van der Waals surface area contributed by atoms with Gasteiger partial charge in [-0.2, -0.15) is 0 Å². The fourth-order valence-corrected chi connectivity index (χ4v) is 2.48. The van der Waals surface area contributed by atoms with E-state index in [2.05, 4.69) is 5.32 Å². The Morgan fingerprint density at radius 1 is 1.42 bits per heavy atom. The second kappa shape index (κ2) is 5.88. The van der Waals surface area contributed by atoms with Crippen molar-refractivity contribution in [3.8, 4) is 0 Å². The van der Waals surface area contributed by atoms with E-state index in [1.165, 1.54) is 0 Å². The van der Waals surface area contributed by atoms with Gasteiger partial charge < -0.3 is 15.0 Å². The Hall–Kier alpha value is -1.82. The van der Waals surface area contributed by atoms with Crippen molar-refractivity contribution in [1.82, 2.24) is 0 Å². The molecule has 1 heterocycles. The first-order valence-corrected chi connectivity index (χ1v) is 6.41. The SMILES string of the molecule is CNc1cccc(N(C)C2CCOCC2)c1[N+](=O)[O-]. The zero-order chi connectivity index (χ0) is 13.8. The maximum absolute atomic E-state index is 11.3. The van der Waals surface area contributed by atoms with E-state index in [0.717, 1.165) is 12.8 Å². The molecule has 1 saturated heterocycles. The van der Waals surface area contributed by atoms with Gasteiger partial charge in [0.2, 0.25) is 0 Å². The van der Waals surface area contributed by atoms with Gasteiger partial charge in [0.15, 0.2) is 0 Å². The van der Waals surface area contributed by atoms with Gasteiger partial charge in [0.1, 0.15) is 11.4 Å². The van der Waals surface area contributed by atoms with Gasteiger partial charge in [-0.1, -0.05) is 6.07 Å². The van der Waals surface area contributed by atoms with Crippen molar-refractivity contribution in [1.29, 1.82) is 0 Å². The fourth-order valence-electron chi connectivity index (χ4n) is 2.48. The van der Waals surface area contributed by atoms with Crippen LogP contribution < -0.4 is 10.2 Å². The highest BCUT2D eigenvalue weighted by molar-refractivity contribution is 5.77. The number of nitro benzene ring substituents is 1. The molecule has 0 atom stereocenters. The molecule has 0 unspecified atom stereocenters. The zero-order valence-corrected chi connectivity index (χ0v) is 11.3. The standard InChI is InChI=1S/C13H19N3O3/c1-14-11-4-3-5-12(13(11)16(17)18)15(2)10-6-8-19-9-7-10/h3-5,10,14H,6-9H2,1-2H3. The van der Waals surface area contributed by atoms with Gasteiger partial charge in [-0.3, -0.25) is 10.1 Å². The summed E-state index contributed by atoms with van der Waals surface area (Å²) in [7, 11) is 3.61. The molecule has 104 valence electrons. The summed E-state index contributed by atoms with van der Waals surface area (Å²) < 4.78 is 5.34. The maximum Gasteiger partial charge on any atom is 0.315 e. The molecule has 0 bridgehead atoms. The maximum atomic E-state index is 11.3. The van der Waals surface area contributed by atoms with Crippen molar-refractivity contribution < 1.29 is 9.66 Å². The normalized spacial score (nSPS) is 16.1. The Labute approximate surface area is 112 Å². The monoisotopic (exact) mass is 265 g/mol. The van der Waals surface area contributed by atoms with Crippen LogP contribution in [0.3, 0.4) is 0 Å². The topological polar surface area (TPSA) is 67.6 Å². The molecule has 1 N–H and O–H groups in total. The molecule has 19 heavy (non-hydrogen) atoms. The highest BCUT2D eigenvalue weighted by Crippen LogP contribution is 2.36. The Bertz CT molecular complexity index is 458. The first kappa shape index (κ1) is 13.6. The summed E-state index contributed by atoms with van der Waals surface area (Å²) in [5.41, 5.74) is 1.34. The number of nitrogens with zero attached hydrogens (tertiary/aromatic N) is 2. The quantitative estimate of drug-likeness (QED) is 0.668. The second-order valence-corrected chi connectivity index (χ2v) is 4.63. The van der Waals surface area contributed by atoms with Crippen LogP contribution in [0.25, 0.3) is 0 Å². The summed E-state index contributed by atoms with van der Waals surface area (Å²) in [6, 6.07) is 5.65. The van der Waals surface area contributed by atoms with Crippen molar-refractivity contribution in [2.45, 2.75) is 18.9 Å². The van der Waals surface area contributed by atoms with Crippen LogP contribution in [0.5, 0.6) is 0 Å². The van der Waals surface area contributed by atoms with Crippen LogP contribution in [-0.4, -0.2) is 38.3 Å². The van der Waals surface area contributed by atoms with Crippen LogP contribution in [0.15, 0.2) is 18.2 Å². The second-order valence-electron chi connectivity index (χ2n) is 4.63. The van der Waals surface area contributed by atoms with Gasteiger partial charge in [-0.05, 0) is 25.0 Å². The van der Waals surface area contributed by atoms with Crippen molar-refractivity contribution in [2.24, 2.45) is 0 Å². The van der Waals surface area contributed by atoms with E-state index in [9.17, 15) is 10.1 Å². The zero-order valence-electron chi connectivity index (χ0n) is 11.3. The van der Waals surface area contributed by atoms with Crippen molar-refractivity contribution >= 4 is 17.1 Å². The first-order valence-electron chi connectivity index (χ1n) is 6.41. The smallest absolute Gasteiger partial charge is 0.315 e. The molecular formula is C13H19N3O3. The third kappa shape index (κ3) is 2.78. The lowest BCUT2D eigenvalue weighted by Gasteiger charge is -2.32. The number of benzene rings is 1. The van der Waals surface area contributed by atoms with E-state index < -0.39 is 0 Å². The number of nitrogens with one attached hydrogen (secondary N) is 1. The molecule has 0 aliphatic carbocycles. The number of hydrogen-bond donors (Lipinski definition) is 1. The lowest BCUT2D eigenvalue weighted by molar-refractivity contribution is -0.383. The van der Waals surface area contributed by atoms with Gasteiger partial charge in [0, 0.05) is 33.4 Å². The molecular weight excluding hydrogens is 246 g/mol. The Balaban J connectivity index is 2.34. The van der Waals surface area contributed by atoms with Crippen LogP contribution in [0, 0.1) is 10.1 Å². The highest BCUT2D eigenvalue weighted by atomic mass is 16.6. The number of rotatable bonds is 4. The molecule has 0 amide bonds. The molecule has 0 radical (unpaired) electrons. The van der Waals surface area contributed by atoms with E-state index in [-0.39, 0.29) is 10.6 Å². The van der Waals surface area contributed by atoms with Gasteiger partial charge in [-0.25, -0.2) is 0 Å². The van der Waals surface area contributed by atoms with Crippen LogP contribution in [0.2, 0.25) is 0 Å². The summed E-state index contributed by atoms with van der Waals surface area (Å²) in [5.74, 6) is 0.